The van der Waals surface area contributed by atoms with Crippen LogP contribution in [0.15, 0.2) is 21.9 Å². The molecule has 24 heavy (non-hydrogen) atoms. The first-order valence-electron chi connectivity index (χ1n) is 8.48. The average molecular weight is 348 g/mol. The number of amides is 1. The summed E-state index contributed by atoms with van der Waals surface area (Å²) < 4.78 is 7.26. The van der Waals surface area contributed by atoms with E-state index in [4.69, 9.17) is 4.42 Å². The molecule has 1 fully saturated rings. The lowest BCUT2D eigenvalue weighted by Crippen LogP contribution is -2.44. The minimum Gasteiger partial charge on any atom is -0.469 e. The largest absolute Gasteiger partial charge is 0.469 e. The molecule has 1 atom stereocenters. The number of rotatable bonds is 5. The highest BCUT2D eigenvalue weighted by Gasteiger charge is 2.25. The van der Waals surface area contributed by atoms with Gasteiger partial charge in [0.1, 0.15) is 5.76 Å². The Bertz CT molecular complexity index is 709. The standard InChI is InChI=1S/C17H24N4O2S/c1-4-13-7-5-6-9-21(13)15(22)11-24-17-19-18-16(20(17)3)14-8-10-23-12(14)2/h8,10,13H,4-7,9,11H2,1-3H3/t13-/m1/s1. The van der Waals surface area contributed by atoms with Crippen molar-refractivity contribution in [3.05, 3.63) is 18.1 Å². The molecule has 0 spiro atoms. The molecule has 3 rings (SSSR count). The number of carbonyl (C=O) groups is 1. The van der Waals surface area contributed by atoms with Crippen LogP contribution in [0.25, 0.3) is 11.4 Å². The topological polar surface area (TPSA) is 64.2 Å². The first-order chi connectivity index (χ1) is 11.6. The van der Waals surface area contributed by atoms with Crippen molar-refractivity contribution in [2.45, 2.75) is 50.7 Å². The third-order valence-corrected chi connectivity index (χ3v) is 5.68. The molecule has 0 aliphatic carbocycles. The lowest BCUT2D eigenvalue weighted by Gasteiger charge is -2.35. The second kappa shape index (κ2) is 7.42. The van der Waals surface area contributed by atoms with Gasteiger partial charge in [-0.2, -0.15) is 0 Å². The Morgan fingerprint density at radius 3 is 2.96 bits per heavy atom. The van der Waals surface area contributed by atoms with Gasteiger partial charge in [-0.3, -0.25) is 4.79 Å². The summed E-state index contributed by atoms with van der Waals surface area (Å²) in [6.07, 6.45) is 6.15. The first kappa shape index (κ1) is 17.1. The van der Waals surface area contributed by atoms with E-state index < -0.39 is 0 Å². The molecule has 1 saturated heterocycles. The highest BCUT2D eigenvalue weighted by atomic mass is 32.2. The number of aromatic nitrogens is 3. The summed E-state index contributed by atoms with van der Waals surface area (Å²) in [5.74, 6) is 2.20. The van der Waals surface area contributed by atoms with Crippen LogP contribution >= 0.6 is 11.8 Å². The molecule has 0 aromatic carbocycles. The predicted molar refractivity (Wildman–Crippen MR) is 93.8 cm³/mol. The number of hydrogen-bond acceptors (Lipinski definition) is 5. The van der Waals surface area contributed by atoms with Crippen molar-refractivity contribution in [2.24, 2.45) is 7.05 Å². The van der Waals surface area contributed by atoms with Crippen molar-refractivity contribution in [1.82, 2.24) is 19.7 Å². The van der Waals surface area contributed by atoms with Gasteiger partial charge in [0, 0.05) is 19.6 Å². The van der Waals surface area contributed by atoms with Gasteiger partial charge in [0.25, 0.3) is 0 Å². The molecule has 0 saturated carbocycles. The van der Waals surface area contributed by atoms with E-state index in [0.717, 1.165) is 48.1 Å². The second-order valence-electron chi connectivity index (χ2n) is 6.19. The van der Waals surface area contributed by atoms with E-state index in [0.29, 0.717) is 11.8 Å². The zero-order valence-electron chi connectivity index (χ0n) is 14.5. The SMILES string of the molecule is CC[C@@H]1CCCCN1C(=O)CSc1nnc(-c2ccoc2C)n1C. The number of nitrogens with zero attached hydrogens (tertiary/aromatic N) is 4. The number of piperidine rings is 1. The molecule has 0 unspecified atom stereocenters. The zero-order valence-corrected chi connectivity index (χ0v) is 15.3. The van der Waals surface area contributed by atoms with Crippen LogP contribution < -0.4 is 0 Å². The van der Waals surface area contributed by atoms with Gasteiger partial charge in [-0.05, 0) is 38.7 Å². The number of hydrogen-bond donors (Lipinski definition) is 0. The highest BCUT2D eigenvalue weighted by Crippen LogP contribution is 2.27. The fraction of sp³-hybridized carbons (Fsp3) is 0.588. The van der Waals surface area contributed by atoms with E-state index in [1.165, 1.54) is 18.2 Å². The Balaban J connectivity index is 1.66. The summed E-state index contributed by atoms with van der Waals surface area (Å²) in [6.45, 7) is 4.95. The van der Waals surface area contributed by atoms with Crippen molar-refractivity contribution in [1.29, 1.82) is 0 Å². The minimum atomic E-state index is 0.204. The van der Waals surface area contributed by atoms with E-state index in [1.54, 1.807) is 6.26 Å². The Morgan fingerprint density at radius 1 is 1.42 bits per heavy atom. The van der Waals surface area contributed by atoms with Crippen molar-refractivity contribution in [3.63, 3.8) is 0 Å². The van der Waals surface area contributed by atoms with Crippen molar-refractivity contribution in [3.8, 4) is 11.4 Å². The maximum atomic E-state index is 12.6. The lowest BCUT2D eigenvalue weighted by atomic mass is 10.0. The number of furan rings is 1. The fourth-order valence-electron chi connectivity index (χ4n) is 3.25. The molecule has 1 aliphatic heterocycles. The maximum absolute atomic E-state index is 12.6. The van der Waals surface area contributed by atoms with Gasteiger partial charge in [-0.25, -0.2) is 0 Å². The molecular formula is C17H24N4O2S. The third-order valence-electron chi connectivity index (χ3n) is 4.68. The fourth-order valence-corrected chi connectivity index (χ4v) is 4.05. The smallest absolute Gasteiger partial charge is 0.233 e. The molecule has 1 amide bonds. The molecule has 2 aromatic rings. The Morgan fingerprint density at radius 2 is 2.25 bits per heavy atom. The van der Waals surface area contributed by atoms with E-state index in [9.17, 15) is 4.79 Å². The quantitative estimate of drug-likeness (QED) is 0.776. The molecule has 0 N–H and O–H groups in total. The molecule has 3 heterocycles. The normalized spacial score (nSPS) is 18.1. The Hall–Kier alpha value is -1.76. The molecule has 6 nitrogen and oxygen atoms in total. The summed E-state index contributed by atoms with van der Waals surface area (Å²) >= 11 is 1.45. The average Bonchev–Trinajstić information content (AvgIpc) is 3.18. The van der Waals surface area contributed by atoms with Crippen molar-refractivity contribution < 1.29 is 9.21 Å². The van der Waals surface area contributed by atoms with Crippen LogP contribution in [-0.4, -0.2) is 43.9 Å². The van der Waals surface area contributed by atoms with Crippen LogP contribution in [0.4, 0.5) is 0 Å². The van der Waals surface area contributed by atoms with Crippen LogP contribution in [0.5, 0.6) is 0 Å². The highest BCUT2D eigenvalue weighted by molar-refractivity contribution is 7.99. The molecule has 7 heteroatoms. The molecule has 1 aliphatic rings. The Kier molecular flexibility index (Phi) is 5.28. The molecule has 0 bridgehead atoms. The Labute approximate surface area is 146 Å². The summed E-state index contributed by atoms with van der Waals surface area (Å²) in [4.78, 5) is 14.6. The van der Waals surface area contributed by atoms with Crippen molar-refractivity contribution >= 4 is 17.7 Å². The molecule has 0 radical (unpaired) electrons. The minimum absolute atomic E-state index is 0.204. The third kappa shape index (κ3) is 3.36. The zero-order chi connectivity index (χ0) is 17.1. The van der Waals surface area contributed by atoms with E-state index in [-0.39, 0.29) is 5.91 Å². The number of likely N-dealkylation sites (tertiary alicyclic amines) is 1. The number of thioether (sulfide) groups is 1. The monoisotopic (exact) mass is 348 g/mol. The van der Waals surface area contributed by atoms with E-state index in [1.807, 2.05) is 29.5 Å². The first-order valence-corrected chi connectivity index (χ1v) is 9.46. The van der Waals surface area contributed by atoms with Gasteiger partial charge in [0.05, 0.1) is 17.6 Å². The van der Waals surface area contributed by atoms with Gasteiger partial charge >= 0.3 is 0 Å². The van der Waals surface area contributed by atoms with Gasteiger partial charge in [-0.1, -0.05) is 18.7 Å². The maximum Gasteiger partial charge on any atom is 0.233 e. The van der Waals surface area contributed by atoms with Crippen LogP contribution in [0, 0.1) is 6.92 Å². The lowest BCUT2D eigenvalue weighted by molar-refractivity contribution is -0.132. The summed E-state index contributed by atoms with van der Waals surface area (Å²) in [5, 5.41) is 9.23. The van der Waals surface area contributed by atoms with Crippen LogP contribution in [-0.2, 0) is 11.8 Å². The van der Waals surface area contributed by atoms with Crippen LogP contribution in [0.3, 0.4) is 0 Å². The van der Waals surface area contributed by atoms with E-state index in [2.05, 4.69) is 17.1 Å². The molecular weight excluding hydrogens is 324 g/mol. The summed E-state index contributed by atoms with van der Waals surface area (Å²) in [5.41, 5.74) is 0.935. The predicted octanol–water partition coefficient (Wildman–Crippen LogP) is 3.27. The molecule has 2 aromatic heterocycles. The van der Waals surface area contributed by atoms with Crippen LogP contribution in [0.2, 0.25) is 0 Å². The van der Waals surface area contributed by atoms with Gasteiger partial charge < -0.3 is 13.9 Å². The summed E-state index contributed by atoms with van der Waals surface area (Å²) in [6, 6.07) is 2.29. The number of aryl methyl sites for hydroxylation is 1. The molecule has 130 valence electrons. The van der Waals surface area contributed by atoms with Gasteiger partial charge in [0.15, 0.2) is 11.0 Å². The number of carbonyl (C=O) groups excluding carboxylic acids is 1. The van der Waals surface area contributed by atoms with Gasteiger partial charge in [0.2, 0.25) is 5.91 Å². The van der Waals surface area contributed by atoms with Gasteiger partial charge in [-0.15, -0.1) is 10.2 Å². The summed E-state index contributed by atoms with van der Waals surface area (Å²) in [7, 11) is 1.92. The van der Waals surface area contributed by atoms with Crippen LogP contribution in [0.1, 0.15) is 38.4 Å². The second-order valence-corrected chi connectivity index (χ2v) is 7.13. The van der Waals surface area contributed by atoms with Crippen molar-refractivity contribution in [2.75, 3.05) is 12.3 Å². The van der Waals surface area contributed by atoms with E-state index >= 15 is 0 Å².